The lowest BCUT2D eigenvalue weighted by Gasteiger charge is -2.09. The van der Waals surface area contributed by atoms with Gasteiger partial charge in [0.2, 0.25) is 0 Å². The van der Waals surface area contributed by atoms with E-state index in [0.717, 1.165) is 0 Å². The number of hydrazone groups is 1. The van der Waals surface area contributed by atoms with Gasteiger partial charge < -0.3 is 5.32 Å². The Labute approximate surface area is 79.4 Å². The molecule has 76 valence electrons. The minimum absolute atomic E-state index is 0.140. The zero-order chi connectivity index (χ0) is 10.5. The molecule has 3 nitrogen and oxygen atoms in total. The summed E-state index contributed by atoms with van der Waals surface area (Å²) in [5, 5.41) is 5.45. The zero-order valence-corrected chi connectivity index (χ0v) is 8.01. The lowest BCUT2D eigenvalue weighted by Crippen LogP contribution is -2.38. The van der Waals surface area contributed by atoms with E-state index < -0.39 is 12.7 Å². The van der Waals surface area contributed by atoms with E-state index in [-0.39, 0.29) is 5.11 Å². The minimum Gasteiger partial charge on any atom is -0.352 e. The van der Waals surface area contributed by atoms with Gasteiger partial charge in [-0.25, -0.2) is 0 Å². The van der Waals surface area contributed by atoms with E-state index in [9.17, 15) is 13.2 Å². The molecule has 0 fully saturated rings. The van der Waals surface area contributed by atoms with E-state index in [1.165, 1.54) is 0 Å². The average Bonchev–Trinajstić information content (AvgIpc) is 1.95. The third-order valence-corrected chi connectivity index (χ3v) is 1.07. The zero-order valence-electron chi connectivity index (χ0n) is 7.20. The molecule has 0 aliphatic heterocycles. The number of alkyl halides is 3. The fourth-order valence-corrected chi connectivity index (χ4v) is 0.500. The van der Waals surface area contributed by atoms with Crippen LogP contribution in [0, 0.1) is 0 Å². The molecule has 0 saturated heterocycles. The molecule has 0 rings (SSSR count). The summed E-state index contributed by atoms with van der Waals surface area (Å²) in [6, 6.07) is 0. The first-order valence-corrected chi connectivity index (χ1v) is 3.83. The van der Waals surface area contributed by atoms with Gasteiger partial charge >= 0.3 is 6.18 Å². The van der Waals surface area contributed by atoms with Gasteiger partial charge in [0.1, 0.15) is 6.54 Å². The summed E-state index contributed by atoms with van der Waals surface area (Å²) in [7, 11) is 0. The number of rotatable bonds is 2. The highest BCUT2D eigenvalue weighted by Crippen LogP contribution is 2.11. The lowest BCUT2D eigenvalue weighted by molar-refractivity contribution is -0.122. The molecule has 0 aromatic heterocycles. The largest absolute Gasteiger partial charge is 0.405 e. The van der Waals surface area contributed by atoms with Crippen LogP contribution in [0.1, 0.15) is 13.8 Å². The van der Waals surface area contributed by atoms with Crippen LogP contribution < -0.4 is 10.7 Å². The van der Waals surface area contributed by atoms with Crippen molar-refractivity contribution in [2.75, 3.05) is 6.54 Å². The Bertz CT molecular complexity index is 208. The smallest absolute Gasteiger partial charge is 0.352 e. The van der Waals surface area contributed by atoms with Crippen molar-refractivity contribution in [3.63, 3.8) is 0 Å². The van der Waals surface area contributed by atoms with E-state index >= 15 is 0 Å². The van der Waals surface area contributed by atoms with Crippen LogP contribution in [0.2, 0.25) is 0 Å². The highest BCUT2D eigenvalue weighted by molar-refractivity contribution is 7.80. The molecule has 0 aliphatic carbocycles. The van der Waals surface area contributed by atoms with Crippen molar-refractivity contribution in [3.05, 3.63) is 0 Å². The number of halogens is 3. The van der Waals surface area contributed by atoms with Gasteiger partial charge in [0, 0.05) is 5.71 Å². The fourth-order valence-electron chi connectivity index (χ4n) is 0.383. The first kappa shape index (κ1) is 12.2. The van der Waals surface area contributed by atoms with Crippen molar-refractivity contribution in [3.8, 4) is 0 Å². The number of nitrogens with zero attached hydrogens (tertiary/aromatic N) is 1. The molecule has 0 radical (unpaired) electrons. The first-order chi connectivity index (χ1) is 5.81. The molecule has 7 heteroatoms. The summed E-state index contributed by atoms with van der Waals surface area (Å²) >= 11 is 4.51. The van der Waals surface area contributed by atoms with Gasteiger partial charge in [0.15, 0.2) is 5.11 Å². The maximum atomic E-state index is 11.6. The quantitative estimate of drug-likeness (QED) is 0.413. The Morgan fingerprint density at radius 1 is 1.38 bits per heavy atom. The Kier molecular flexibility index (Phi) is 4.68. The van der Waals surface area contributed by atoms with Crippen LogP contribution in [0.25, 0.3) is 0 Å². The van der Waals surface area contributed by atoms with Gasteiger partial charge in [-0.05, 0) is 26.1 Å². The molecule has 0 heterocycles. The van der Waals surface area contributed by atoms with Crippen molar-refractivity contribution in [1.29, 1.82) is 0 Å². The molecule has 0 atom stereocenters. The second-order valence-electron chi connectivity index (χ2n) is 2.47. The second-order valence-corrected chi connectivity index (χ2v) is 2.88. The van der Waals surface area contributed by atoms with E-state index in [1.54, 1.807) is 13.8 Å². The van der Waals surface area contributed by atoms with Gasteiger partial charge in [-0.15, -0.1) is 0 Å². The van der Waals surface area contributed by atoms with Crippen molar-refractivity contribution in [1.82, 2.24) is 10.7 Å². The van der Waals surface area contributed by atoms with Gasteiger partial charge in [0.05, 0.1) is 0 Å². The first-order valence-electron chi connectivity index (χ1n) is 3.43. The van der Waals surface area contributed by atoms with Crippen molar-refractivity contribution < 1.29 is 13.2 Å². The van der Waals surface area contributed by atoms with Crippen LogP contribution in [0.3, 0.4) is 0 Å². The number of thiocarbonyl (C=S) groups is 1. The summed E-state index contributed by atoms with van der Waals surface area (Å²) in [4.78, 5) is 0. The standard InChI is InChI=1S/C6H10F3N3S/c1-4(2)11-12-5(13)10-3-6(7,8)9/h3H2,1-2H3,(H2,10,12,13). The second kappa shape index (κ2) is 5.00. The molecule has 0 spiro atoms. The summed E-state index contributed by atoms with van der Waals surface area (Å²) < 4.78 is 34.9. The van der Waals surface area contributed by atoms with Crippen molar-refractivity contribution >= 4 is 23.0 Å². The third kappa shape index (κ3) is 9.06. The van der Waals surface area contributed by atoms with Gasteiger partial charge in [-0.2, -0.15) is 18.3 Å². The third-order valence-electron chi connectivity index (χ3n) is 0.830. The fraction of sp³-hybridized carbons (Fsp3) is 0.667. The van der Waals surface area contributed by atoms with E-state index in [0.29, 0.717) is 5.71 Å². The van der Waals surface area contributed by atoms with Crippen molar-refractivity contribution in [2.24, 2.45) is 5.10 Å². The molecular formula is C6H10F3N3S. The predicted molar refractivity (Wildman–Crippen MR) is 48.6 cm³/mol. The van der Waals surface area contributed by atoms with Gasteiger partial charge in [-0.1, -0.05) is 0 Å². The monoisotopic (exact) mass is 213 g/mol. The molecule has 13 heavy (non-hydrogen) atoms. The maximum Gasteiger partial charge on any atom is 0.405 e. The Balaban J connectivity index is 3.71. The normalized spacial score (nSPS) is 10.5. The van der Waals surface area contributed by atoms with Crippen LogP contribution in [0.4, 0.5) is 13.2 Å². The average molecular weight is 213 g/mol. The van der Waals surface area contributed by atoms with Crippen LogP contribution in [0.15, 0.2) is 5.10 Å². The number of nitrogens with one attached hydrogen (secondary N) is 2. The van der Waals surface area contributed by atoms with Crippen LogP contribution in [-0.2, 0) is 0 Å². The van der Waals surface area contributed by atoms with Gasteiger partial charge in [0.25, 0.3) is 0 Å². The highest BCUT2D eigenvalue weighted by atomic mass is 32.1. The number of hydrogen-bond acceptors (Lipinski definition) is 2. The maximum absolute atomic E-state index is 11.6. The molecule has 0 bridgehead atoms. The molecule has 0 aromatic carbocycles. The summed E-state index contributed by atoms with van der Waals surface area (Å²) in [5.74, 6) is 0. The van der Waals surface area contributed by atoms with Crippen molar-refractivity contribution in [2.45, 2.75) is 20.0 Å². The topological polar surface area (TPSA) is 36.4 Å². The van der Waals surface area contributed by atoms with E-state index in [4.69, 9.17) is 0 Å². The SMILES string of the molecule is CC(C)=NNC(=S)NCC(F)(F)F. The minimum atomic E-state index is -4.27. The van der Waals surface area contributed by atoms with E-state index in [1.807, 2.05) is 5.32 Å². The Morgan fingerprint density at radius 3 is 2.31 bits per heavy atom. The van der Waals surface area contributed by atoms with Crippen LogP contribution in [-0.4, -0.2) is 23.5 Å². The highest BCUT2D eigenvalue weighted by Gasteiger charge is 2.26. The van der Waals surface area contributed by atoms with Crippen LogP contribution in [0.5, 0.6) is 0 Å². The van der Waals surface area contributed by atoms with E-state index in [2.05, 4.69) is 22.7 Å². The Morgan fingerprint density at radius 2 is 1.92 bits per heavy atom. The predicted octanol–water partition coefficient (Wildman–Crippen LogP) is 1.41. The summed E-state index contributed by atoms with van der Waals surface area (Å²) in [6.45, 7) is 2.23. The molecule has 0 amide bonds. The molecular weight excluding hydrogens is 203 g/mol. The molecule has 0 aliphatic rings. The molecule has 0 saturated carbocycles. The number of hydrogen-bond donors (Lipinski definition) is 2. The molecule has 0 aromatic rings. The van der Waals surface area contributed by atoms with Crippen LogP contribution >= 0.6 is 12.2 Å². The summed E-state index contributed by atoms with van der Waals surface area (Å²) in [5.41, 5.74) is 2.94. The molecule has 0 unspecified atom stereocenters. The van der Waals surface area contributed by atoms with Gasteiger partial charge in [-0.3, -0.25) is 5.43 Å². The molecule has 2 N–H and O–H groups in total. The summed E-state index contributed by atoms with van der Waals surface area (Å²) in [6.07, 6.45) is -4.27. The lowest BCUT2D eigenvalue weighted by atomic mass is 10.5. The Hall–Kier alpha value is -0.850.